The summed E-state index contributed by atoms with van der Waals surface area (Å²) >= 11 is 9.26. The first-order valence-corrected chi connectivity index (χ1v) is 6.01. The van der Waals surface area contributed by atoms with Crippen LogP contribution in [0.2, 0.25) is 5.02 Å². The van der Waals surface area contributed by atoms with Gasteiger partial charge in [0, 0.05) is 0 Å². The van der Waals surface area contributed by atoms with Crippen molar-refractivity contribution in [2.75, 3.05) is 5.32 Å². The third-order valence-corrected chi connectivity index (χ3v) is 3.77. The Labute approximate surface area is 103 Å². The Morgan fingerprint density at radius 3 is 2.53 bits per heavy atom. The van der Waals surface area contributed by atoms with Gasteiger partial charge in [-0.15, -0.1) is 0 Å². The fraction of sp³-hybridized carbons (Fsp3) is 0.364. The van der Waals surface area contributed by atoms with Crippen LogP contribution in [0.15, 0.2) is 24.3 Å². The van der Waals surface area contributed by atoms with Crippen LogP contribution in [0.4, 0.5) is 5.69 Å². The normalized spacial score (nSPS) is 12.6. The van der Waals surface area contributed by atoms with E-state index in [4.69, 9.17) is 11.6 Å². The molecule has 1 aromatic rings. The van der Waals surface area contributed by atoms with Gasteiger partial charge in [-0.3, -0.25) is 4.79 Å². The summed E-state index contributed by atoms with van der Waals surface area (Å²) in [4.78, 5) is 11.5. The number of alkyl halides is 1. The maximum absolute atomic E-state index is 11.7. The fourth-order valence-corrected chi connectivity index (χ4v) is 1.36. The Hall–Kier alpha value is -0.540. The first-order valence-electron chi connectivity index (χ1n) is 4.72. The van der Waals surface area contributed by atoms with Crippen LogP contribution < -0.4 is 5.32 Å². The molecule has 0 aliphatic rings. The van der Waals surface area contributed by atoms with Crippen LogP contribution >= 0.6 is 27.5 Å². The van der Waals surface area contributed by atoms with Crippen LogP contribution in [-0.2, 0) is 4.79 Å². The second kappa shape index (κ2) is 5.52. The number of carbonyl (C=O) groups excluding carboxylic acids is 1. The molecule has 82 valence electrons. The number of rotatable bonds is 3. The zero-order chi connectivity index (χ0) is 11.4. The topological polar surface area (TPSA) is 29.1 Å². The van der Waals surface area contributed by atoms with Crippen molar-refractivity contribution < 1.29 is 4.79 Å². The Kier molecular flexibility index (Phi) is 4.61. The molecule has 1 amide bonds. The number of amides is 1. The van der Waals surface area contributed by atoms with Gasteiger partial charge in [-0.2, -0.15) is 0 Å². The molecule has 0 fully saturated rings. The number of halogens is 2. The van der Waals surface area contributed by atoms with Crippen LogP contribution in [0, 0.1) is 5.92 Å². The molecule has 0 heterocycles. The number of hydrogen-bond donors (Lipinski definition) is 1. The van der Waals surface area contributed by atoms with Gasteiger partial charge in [0.05, 0.1) is 15.5 Å². The lowest BCUT2D eigenvalue weighted by Crippen LogP contribution is -2.27. The average molecular weight is 291 g/mol. The number of anilines is 1. The maximum atomic E-state index is 11.7. The second-order valence-corrected chi connectivity index (χ2v) is 5.01. The van der Waals surface area contributed by atoms with E-state index in [0.717, 1.165) is 0 Å². The highest BCUT2D eigenvalue weighted by molar-refractivity contribution is 9.10. The highest BCUT2D eigenvalue weighted by Crippen LogP contribution is 2.22. The van der Waals surface area contributed by atoms with E-state index in [2.05, 4.69) is 21.2 Å². The van der Waals surface area contributed by atoms with Gasteiger partial charge in [0.2, 0.25) is 5.91 Å². The number of para-hydroxylation sites is 1. The van der Waals surface area contributed by atoms with Crippen molar-refractivity contribution in [1.29, 1.82) is 0 Å². The highest BCUT2D eigenvalue weighted by Gasteiger charge is 2.18. The summed E-state index contributed by atoms with van der Waals surface area (Å²) in [5.41, 5.74) is 0.647. The largest absolute Gasteiger partial charge is 0.324 e. The van der Waals surface area contributed by atoms with Gasteiger partial charge in [0.25, 0.3) is 0 Å². The van der Waals surface area contributed by atoms with E-state index in [0.29, 0.717) is 10.7 Å². The summed E-state index contributed by atoms with van der Waals surface area (Å²) in [7, 11) is 0. The first kappa shape index (κ1) is 12.5. The number of benzene rings is 1. The molecular weight excluding hydrogens is 277 g/mol. The highest BCUT2D eigenvalue weighted by atomic mass is 79.9. The minimum Gasteiger partial charge on any atom is -0.324 e. The molecule has 2 nitrogen and oxygen atoms in total. The van der Waals surface area contributed by atoms with Crippen LogP contribution in [-0.4, -0.2) is 10.7 Å². The molecule has 0 aliphatic heterocycles. The molecule has 1 rings (SSSR count). The van der Waals surface area contributed by atoms with E-state index in [1.165, 1.54) is 0 Å². The Morgan fingerprint density at radius 1 is 1.40 bits per heavy atom. The first-order chi connectivity index (χ1) is 7.02. The smallest absolute Gasteiger partial charge is 0.238 e. The summed E-state index contributed by atoms with van der Waals surface area (Å²) < 4.78 is 0. The van der Waals surface area contributed by atoms with E-state index < -0.39 is 0 Å². The van der Waals surface area contributed by atoms with Gasteiger partial charge < -0.3 is 5.32 Å². The molecular formula is C11H13BrClNO. The molecule has 0 spiro atoms. The van der Waals surface area contributed by atoms with Crippen molar-refractivity contribution in [2.45, 2.75) is 18.7 Å². The Bertz CT molecular complexity index is 354. The summed E-state index contributed by atoms with van der Waals surface area (Å²) in [5.74, 6) is 0.172. The molecule has 0 bridgehead atoms. The SMILES string of the molecule is CC(C)[C@H](Br)C(=O)Nc1ccccc1Cl. The van der Waals surface area contributed by atoms with Crippen molar-refractivity contribution >= 4 is 39.1 Å². The molecule has 0 radical (unpaired) electrons. The summed E-state index contributed by atoms with van der Waals surface area (Å²) in [5, 5.41) is 3.32. The maximum Gasteiger partial charge on any atom is 0.238 e. The quantitative estimate of drug-likeness (QED) is 0.845. The third kappa shape index (κ3) is 3.50. The van der Waals surface area contributed by atoms with E-state index in [-0.39, 0.29) is 16.7 Å². The monoisotopic (exact) mass is 289 g/mol. The van der Waals surface area contributed by atoms with Gasteiger partial charge in [-0.1, -0.05) is 53.5 Å². The van der Waals surface area contributed by atoms with E-state index in [1.807, 2.05) is 26.0 Å². The predicted molar refractivity (Wildman–Crippen MR) is 67.6 cm³/mol. The Morgan fingerprint density at radius 2 is 2.00 bits per heavy atom. The minimum absolute atomic E-state index is 0.0712. The lowest BCUT2D eigenvalue weighted by molar-refractivity contribution is -0.116. The van der Waals surface area contributed by atoms with Crippen LogP contribution in [0.1, 0.15) is 13.8 Å². The van der Waals surface area contributed by atoms with Crippen LogP contribution in [0.3, 0.4) is 0 Å². The summed E-state index contributed by atoms with van der Waals surface area (Å²) in [6, 6.07) is 7.18. The van der Waals surface area contributed by atoms with E-state index >= 15 is 0 Å². The molecule has 1 aromatic carbocycles. The van der Waals surface area contributed by atoms with E-state index in [9.17, 15) is 4.79 Å². The van der Waals surface area contributed by atoms with Gasteiger partial charge in [-0.25, -0.2) is 0 Å². The van der Waals surface area contributed by atoms with Crippen LogP contribution in [0.5, 0.6) is 0 Å². The zero-order valence-electron chi connectivity index (χ0n) is 8.63. The van der Waals surface area contributed by atoms with Crippen molar-refractivity contribution in [3.63, 3.8) is 0 Å². The molecule has 4 heteroatoms. The average Bonchev–Trinajstić information content (AvgIpc) is 2.20. The van der Waals surface area contributed by atoms with Crippen molar-refractivity contribution in [2.24, 2.45) is 5.92 Å². The number of carbonyl (C=O) groups is 1. The van der Waals surface area contributed by atoms with Gasteiger partial charge in [0.1, 0.15) is 0 Å². The molecule has 0 aliphatic carbocycles. The summed E-state index contributed by atoms with van der Waals surface area (Å²) in [6.07, 6.45) is 0. The number of hydrogen-bond acceptors (Lipinski definition) is 1. The zero-order valence-corrected chi connectivity index (χ0v) is 11.0. The lowest BCUT2D eigenvalue weighted by Gasteiger charge is -2.14. The molecule has 0 unspecified atom stereocenters. The standard InChI is InChI=1S/C11H13BrClNO/c1-7(2)10(12)11(15)14-9-6-4-3-5-8(9)13/h3-7,10H,1-2H3,(H,14,15)/t10-/m0/s1. The lowest BCUT2D eigenvalue weighted by atomic mass is 10.1. The fourth-order valence-electron chi connectivity index (χ4n) is 1.07. The number of nitrogens with one attached hydrogen (secondary N) is 1. The van der Waals surface area contributed by atoms with Crippen molar-refractivity contribution in [1.82, 2.24) is 0 Å². The Balaban J connectivity index is 2.71. The third-order valence-electron chi connectivity index (χ3n) is 1.97. The molecule has 0 saturated heterocycles. The van der Waals surface area contributed by atoms with Gasteiger partial charge in [-0.05, 0) is 18.1 Å². The molecule has 0 saturated carbocycles. The van der Waals surface area contributed by atoms with Crippen LogP contribution in [0.25, 0.3) is 0 Å². The summed E-state index contributed by atoms with van der Waals surface area (Å²) in [6.45, 7) is 3.96. The molecule has 1 N–H and O–H groups in total. The van der Waals surface area contributed by atoms with Crippen molar-refractivity contribution in [3.05, 3.63) is 29.3 Å². The van der Waals surface area contributed by atoms with Gasteiger partial charge >= 0.3 is 0 Å². The molecule has 15 heavy (non-hydrogen) atoms. The predicted octanol–water partition coefficient (Wildman–Crippen LogP) is 3.70. The van der Waals surface area contributed by atoms with Crippen molar-refractivity contribution in [3.8, 4) is 0 Å². The molecule has 0 aromatic heterocycles. The molecule has 1 atom stereocenters. The second-order valence-electron chi connectivity index (χ2n) is 3.61. The minimum atomic E-state index is -0.200. The van der Waals surface area contributed by atoms with E-state index in [1.54, 1.807) is 12.1 Å². The van der Waals surface area contributed by atoms with Gasteiger partial charge in [0.15, 0.2) is 0 Å².